The molecular formula is C15H25N6+. The van der Waals surface area contributed by atoms with Crippen LogP contribution in [0.1, 0.15) is 0 Å². The van der Waals surface area contributed by atoms with Crippen LogP contribution in [0.2, 0.25) is 0 Å². The summed E-state index contributed by atoms with van der Waals surface area (Å²) in [5.41, 5.74) is 8.56. The molecule has 6 heteroatoms. The lowest BCUT2D eigenvalue weighted by atomic mass is 10.3. The topological polar surface area (TPSA) is 48.1 Å². The van der Waals surface area contributed by atoms with E-state index in [0.717, 1.165) is 30.4 Å². The summed E-state index contributed by atoms with van der Waals surface area (Å²) in [6.07, 6.45) is 4.00. The van der Waals surface area contributed by atoms with Gasteiger partial charge in [0.15, 0.2) is 0 Å². The molecular weight excluding hydrogens is 264 g/mol. The summed E-state index contributed by atoms with van der Waals surface area (Å²) in [7, 11) is 8.15. The Morgan fingerprint density at radius 1 is 1.10 bits per heavy atom. The van der Waals surface area contributed by atoms with Gasteiger partial charge in [0.1, 0.15) is 0 Å². The van der Waals surface area contributed by atoms with E-state index < -0.39 is 0 Å². The van der Waals surface area contributed by atoms with Crippen molar-refractivity contribution in [1.82, 2.24) is 9.47 Å². The largest absolute Gasteiger partial charge is 0.384 e. The molecule has 21 heavy (non-hydrogen) atoms. The predicted molar refractivity (Wildman–Crippen MR) is 87.3 cm³/mol. The van der Waals surface area contributed by atoms with E-state index in [1.54, 1.807) is 0 Å². The lowest BCUT2D eigenvalue weighted by molar-refractivity contribution is -0.656. The molecule has 0 amide bonds. The van der Waals surface area contributed by atoms with E-state index in [0.29, 0.717) is 0 Å². The highest BCUT2D eigenvalue weighted by Crippen LogP contribution is 2.13. The molecule has 2 aromatic rings. The number of likely N-dealkylation sites (N-methyl/N-ethyl adjacent to an activating group) is 1. The lowest BCUT2D eigenvalue weighted by Crippen LogP contribution is -2.32. The van der Waals surface area contributed by atoms with Crippen molar-refractivity contribution in [2.24, 2.45) is 14.1 Å². The predicted octanol–water partition coefficient (Wildman–Crippen LogP) is 1.26. The molecule has 0 saturated heterocycles. The van der Waals surface area contributed by atoms with Gasteiger partial charge in [-0.25, -0.2) is 9.13 Å². The fourth-order valence-electron chi connectivity index (χ4n) is 1.99. The Morgan fingerprint density at radius 2 is 1.76 bits per heavy atom. The Balaban J connectivity index is 1.85. The van der Waals surface area contributed by atoms with Crippen molar-refractivity contribution in [1.29, 1.82) is 0 Å². The first-order valence-electron chi connectivity index (χ1n) is 7.08. The van der Waals surface area contributed by atoms with Crippen LogP contribution >= 0.6 is 0 Å². The van der Waals surface area contributed by atoms with E-state index in [-0.39, 0.29) is 0 Å². The summed E-state index contributed by atoms with van der Waals surface area (Å²) in [5, 5.41) is 3.39. The monoisotopic (exact) mass is 289 g/mol. The van der Waals surface area contributed by atoms with Gasteiger partial charge in [-0.15, -0.1) is 0 Å². The van der Waals surface area contributed by atoms with Gasteiger partial charge in [0.2, 0.25) is 0 Å². The van der Waals surface area contributed by atoms with Gasteiger partial charge in [-0.2, -0.15) is 5.43 Å². The van der Waals surface area contributed by atoms with Crippen molar-refractivity contribution in [3.05, 3.63) is 36.7 Å². The Morgan fingerprint density at radius 3 is 2.33 bits per heavy atom. The number of imidazole rings is 1. The number of anilines is 3. The van der Waals surface area contributed by atoms with E-state index in [2.05, 4.69) is 47.3 Å². The summed E-state index contributed by atoms with van der Waals surface area (Å²) in [4.78, 5) is 2.16. The minimum absolute atomic E-state index is 0.942. The number of rotatable bonds is 7. The first kappa shape index (κ1) is 15.2. The van der Waals surface area contributed by atoms with Crippen molar-refractivity contribution in [3.8, 4) is 0 Å². The van der Waals surface area contributed by atoms with Gasteiger partial charge in [0.05, 0.1) is 32.2 Å². The molecule has 0 saturated carbocycles. The fourth-order valence-corrected chi connectivity index (χ4v) is 1.99. The Kier molecular flexibility index (Phi) is 5.05. The average Bonchev–Trinajstić information content (AvgIpc) is 2.77. The molecule has 0 radical (unpaired) electrons. The normalized spacial score (nSPS) is 10.7. The van der Waals surface area contributed by atoms with Crippen LogP contribution in [0.25, 0.3) is 0 Å². The molecule has 0 atom stereocenters. The second-order valence-corrected chi connectivity index (χ2v) is 5.40. The van der Waals surface area contributed by atoms with Gasteiger partial charge in [-0.1, -0.05) is 0 Å². The zero-order valence-electron chi connectivity index (χ0n) is 13.2. The molecule has 0 unspecified atom stereocenters. The van der Waals surface area contributed by atoms with Crippen LogP contribution in [-0.4, -0.2) is 36.7 Å². The van der Waals surface area contributed by atoms with E-state index in [1.165, 1.54) is 0 Å². The maximum Gasteiger partial charge on any atom is 0.378 e. The molecule has 0 fully saturated rings. The summed E-state index contributed by atoms with van der Waals surface area (Å²) >= 11 is 0. The third kappa shape index (κ3) is 4.39. The van der Waals surface area contributed by atoms with Crippen molar-refractivity contribution >= 4 is 17.3 Å². The van der Waals surface area contributed by atoms with Crippen molar-refractivity contribution in [3.63, 3.8) is 0 Å². The first-order valence-corrected chi connectivity index (χ1v) is 7.08. The van der Waals surface area contributed by atoms with E-state index in [1.807, 2.05) is 47.8 Å². The molecule has 0 aliphatic carbocycles. The quantitative estimate of drug-likeness (QED) is 0.530. The first-order chi connectivity index (χ1) is 10.1. The van der Waals surface area contributed by atoms with Gasteiger partial charge in [-0.3, -0.25) is 5.43 Å². The van der Waals surface area contributed by atoms with Gasteiger partial charge < -0.3 is 10.2 Å². The second kappa shape index (κ2) is 6.99. The molecule has 6 nitrogen and oxygen atoms in total. The van der Waals surface area contributed by atoms with Crippen LogP contribution in [0.3, 0.4) is 0 Å². The van der Waals surface area contributed by atoms with E-state index in [4.69, 9.17) is 0 Å². The molecule has 1 aromatic carbocycles. The summed E-state index contributed by atoms with van der Waals surface area (Å²) in [6.45, 7) is 1.96. The molecule has 1 heterocycles. The van der Waals surface area contributed by atoms with E-state index >= 15 is 0 Å². The van der Waals surface area contributed by atoms with Crippen molar-refractivity contribution in [2.45, 2.75) is 0 Å². The molecule has 1 aromatic heterocycles. The summed E-state index contributed by atoms with van der Waals surface area (Å²) < 4.78 is 4.04. The summed E-state index contributed by atoms with van der Waals surface area (Å²) in [5.74, 6) is 0.989. The molecule has 0 aliphatic rings. The van der Waals surface area contributed by atoms with Crippen LogP contribution in [0.4, 0.5) is 17.3 Å². The maximum atomic E-state index is 3.39. The number of hydrogen-bond acceptors (Lipinski definition) is 4. The van der Waals surface area contributed by atoms with Crippen LogP contribution in [-0.2, 0) is 14.1 Å². The van der Waals surface area contributed by atoms with Gasteiger partial charge in [-0.05, 0) is 38.4 Å². The Bertz CT molecular complexity index is 539. The molecule has 0 bridgehead atoms. The van der Waals surface area contributed by atoms with Crippen molar-refractivity contribution in [2.75, 3.05) is 43.4 Å². The Labute approximate surface area is 126 Å². The fraction of sp³-hybridized carbons (Fsp3) is 0.400. The molecule has 0 aliphatic heterocycles. The van der Waals surface area contributed by atoms with Crippen LogP contribution in [0.5, 0.6) is 0 Å². The number of benzene rings is 1. The van der Waals surface area contributed by atoms with Crippen LogP contribution in [0.15, 0.2) is 36.7 Å². The number of aryl methyl sites for hydroxylation is 2. The standard InChI is InChI=1S/C15H24N6/c1-19(2)10-9-16-13-5-7-14(8-6-13)17-18-15-20(3)11-12-21(15)4/h5-8,11-12,16-17H,9-10H2,1-4H3/p+1. The number of hydrazine groups is 1. The van der Waals surface area contributed by atoms with Crippen LogP contribution < -0.4 is 20.7 Å². The third-order valence-corrected chi connectivity index (χ3v) is 3.27. The number of nitrogens with zero attached hydrogens (tertiary/aromatic N) is 3. The van der Waals surface area contributed by atoms with Gasteiger partial charge >= 0.3 is 5.95 Å². The zero-order valence-corrected chi connectivity index (χ0v) is 13.2. The number of aromatic nitrogens is 2. The highest BCUT2D eigenvalue weighted by atomic mass is 15.4. The third-order valence-electron chi connectivity index (χ3n) is 3.27. The smallest absolute Gasteiger partial charge is 0.378 e. The number of nitrogens with one attached hydrogen (secondary N) is 3. The highest BCUT2D eigenvalue weighted by Gasteiger charge is 2.09. The maximum absolute atomic E-state index is 3.39. The highest BCUT2D eigenvalue weighted by molar-refractivity contribution is 5.55. The molecule has 0 spiro atoms. The lowest BCUT2D eigenvalue weighted by Gasteiger charge is -2.12. The minimum Gasteiger partial charge on any atom is -0.384 e. The van der Waals surface area contributed by atoms with Gasteiger partial charge in [0.25, 0.3) is 0 Å². The Hall–Kier alpha value is -2.21. The summed E-state index contributed by atoms with van der Waals surface area (Å²) in [6, 6.07) is 8.25. The second-order valence-electron chi connectivity index (χ2n) is 5.40. The van der Waals surface area contributed by atoms with Crippen molar-refractivity contribution < 1.29 is 4.57 Å². The zero-order chi connectivity index (χ0) is 15.2. The van der Waals surface area contributed by atoms with Gasteiger partial charge in [0, 0.05) is 18.8 Å². The SMILES string of the molecule is CN(C)CCNc1ccc(NNc2n(C)cc[n+]2C)cc1. The van der Waals surface area contributed by atoms with E-state index in [9.17, 15) is 0 Å². The number of hydrogen-bond donors (Lipinski definition) is 3. The average molecular weight is 289 g/mol. The molecule has 2 rings (SSSR count). The molecule has 3 N–H and O–H groups in total. The molecule has 114 valence electrons. The minimum atomic E-state index is 0.942. The van der Waals surface area contributed by atoms with Crippen LogP contribution in [0, 0.1) is 0 Å².